The zero-order valence-electron chi connectivity index (χ0n) is 7.54. The molecule has 0 saturated heterocycles. The van der Waals surface area contributed by atoms with Crippen molar-refractivity contribution in [1.82, 2.24) is 0 Å². The first kappa shape index (κ1) is 14.1. The molecule has 0 nitrogen and oxygen atoms in total. The van der Waals surface area contributed by atoms with Gasteiger partial charge >= 0.3 is 21.7 Å². The van der Waals surface area contributed by atoms with E-state index in [1.54, 1.807) is 0 Å². The molecule has 2 aromatic carbocycles. The SMILES string of the molecule is [CH3-].[CH3-].[Ti+3].c1ccc2[cH-]ccc2c1. The van der Waals surface area contributed by atoms with Gasteiger partial charge in [-0.1, -0.05) is 6.07 Å². The minimum Gasteiger partial charge on any atom is -0.358 e. The van der Waals surface area contributed by atoms with Gasteiger partial charge in [0.15, 0.2) is 0 Å². The smallest absolute Gasteiger partial charge is 0.358 e. The van der Waals surface area contributed by atoms with Crippen molar-refractivity contribution >= 4 is 10.8 Å². The van der Waals surface area contributed by atoms with Crippen molar-refractivity contribution in [3.8, 4) is 0 Å². The van der Waals surface area contributed by atoms with E-state index < -0.39 is 0 Å². The Morgan fingerprint density at radius 2 is 1.58 bits per heavy atom. The van der Waals surface area contributed by atoms with Crippen LogP contribution in [0.15, 0.2) is 42.5 Å². The van der Waals surface area contributed by atoms with Crippen LogP contribution < -0.4 is 0 Å². The molecule has 2 rings (SSSR count). The Kier molecular flexibility index (Phi) is 7.17. The van der Waals surface area contributed by atoms with E-state index in [1.165, 1.54) is 10.8 Å². The summed E-state index contributed by atoms with van der Waals surface area (Å²) in [4.78, 5) is 0. The van der Waals surface area contributed by atoms with E-state index in [2.05, 4.69) is 42.5 Å². The van der Waals surface area contributed by atoms with Crippen LogP contribution in [0.1, 0.15) is 0 Å². The summed E-state index contributed by atoms with van der Waals surface area (Å²) in [6.07, 6.45) is 0. The minimum absolute atomic E-state index is 0. The van der Waals surface area contributed by atoms with E-state index in [4.69, 9.17) is 0 Å². The van der Waals surface area contributed by atoms with E-state index in [0.29, 0.717) is 0 Å². The fourth-order valence-electron chi connectivity index (χ4n) is 1.07. The fourth-order valence-corrected chi connectivity index (χ4v) is 1.07. The molecule has 1 radical (unpaired) electrons. The van der Waals surface area contributed by atoms with E-state index >= 15 is 0 Å². The minimum atomic E-state index is 0. The largest absolute Gasteiger partial charge is 3.00 e. The number of hydrogen-bond donors (Lipinski definition) is 0. The van der Waals surface area contributed by atoms with Gasteiger partial charge < -0.3 is 14.9 Å². The zero-order chi connectivity index (χ0) is 6.10. The molecule has 0 N–H and O–H groups in total. The van der Waals surface area contributed by atoms with Crippen molar-refractivity contribution in [3.05, 3.63) is 57.3 Å². The molecule has 0 heterocycles. The normalized spacial score (nSPS) is 7.67. The first-order valence-corrected chi connectivity index (χ1v) is 3.07. The molecule has 0 atom stereocenters. The maximum atomic E-state index is 2.12. The van der Waals surface area contributed by atoms with Crippen LogP contribution in [0.4, 0.5) is 0 Å². The van der Waals surface area contributed by atoms with Gasteiger partial charge in [0.05, 0.1) is 0 Å². The van der Waals surface area contributed by atoms with Gasteiger partial charge in [0.2, 0.25) is 0 Å². The maximum absolute atomic E-state index is 2.12. The third-order valence-electron chi connectivity index (χ3n) is 1.55. The van der Waals surface area contributed by atoms with Crippen LogP contribution in [0.2, 0.25) is 0 Å². The van der Waals surface area contributed by atoms with E-state index in [-0.39, 0.29) is 36.6 Å². The van der Waals surface area contributed by atoms with E-state index in [9.17, 15) is 0 Å². The molecule has 0 aliphatic carbocycles. The molecular formula is C11H13Ti. The molecule has 0 fully saturated rings. The van der Waals surface area contributed by atoms with Crippen molar-refractivity contribution < 1.29 is 21.7 Å². The van der Waals surface area contributed by atoms with Gasteiger partial charge in [-0.3, -0.25) is 0 Å². The molecular weight excluding hydrogens is 180 g/mol. The van der Waals surface area contributed by atoms with Crippen molar-refractivity contribution in [1.29, 1.82) is 0 Å². The predicted molar refractivity (Wildman–Crippen MR) is 52.4 cm³/mol. The zero-order valence-corrected chi connectivity index (χ0v) is 9.10. The average Bonchev–Trinajstić information content (AvgIpc) is 2.33. The molecule has 0 aromatic heterocycles. The molecule has 12 heavy (non-hydrogen) atoms. The molecule has 0 aliphatic rings. The quantitative estimate of drug-likeness (QED) is 0.444. The number of hydrogen-bond acceptors (Lipinski definition) is 0. The molecule has 0 saturated carbocycles. The third-order valence-corrected chi connectivity index (χ3v) is 1.55. The summed E-state index contributed by atoms with van der Waals surface area (Å²) >= 11 is 0. The molecule has 0 bridgehead atoms. The Morgan fingerprint density at radius 3 is 2.25 bits per heavy atom. The van der Waals surface area contributed by atoms with Crippen molar-refractivity contribution in [3.63, 3.8) is 0 Å². The van der Waals surface area contributed by atoms with E-state index in [1.807, 2.05) is 0 Å². The van der Waals surface area contributed by atoms with Gasteiger partial charge in [-0.05, 0) is 0 Å². The fraction of sp³-hybridized carbons (Fsp3) is 0. The van der Waals surface area contributed by atoms with Gasteiger partial charge in [-0.15, -0.1) is 29.7 Å². The van der Waals surface area contributed by atoms with Gasteiger partial charge in [-0.25, -0.2) is 0 Å². The Morgan fingerprint density at radius 1 is 0.917 bits per heavy atom. The second-order valence-corrected chi connectivity index (χ2v) is 2.15. The van der Waals surface area contributed by atoms with Crippen LogP contribution in [0.25, 0.3) is 10.8 Å². The second kappa shape index (κ2) is 6.10. The van der Waals surface area contributed by atoms with Crippen molar-refractivity contribution in [2.75, 3.05) is 0 Å². The number of fused-ring (bicyclic) bond motifs is 1. The first-order chi connectivity index (χ1) is 4.47. The molecule has 0 spiro atoms. The van der Waals surface area contributed by atoms with Gasteiger partial charge in [-0.2, -0.15) is 17.5 Å². The molecule has 2 aromatic rings. The molecule has 0 aliphatic heterocycles. The topological polar surface area (TPSA) is 0 Å². The summed E-state index contributed by atoms with van der Waals surface area (Å²) in [6.45, 7) is 0. The second-order valence-electron chi connectivity index (χ2n) is 2.15. The van der Waals surface area contributed by atoms with Crippen LogP contribution >= 0.6 is 0 Å². The van der Waals surface area contributed by atoms with Gasteiger partial charge in [0, 0.05) is 0 Å². The summed E-state index contributed by atoms with van der Waals surface area (Å²) in [5.41, 5.74) is 0. The third kappa shape index (κ3) is 2.55. The Bertz CT molecular complexity index is 279. The molecule has 1 heteroatoms. The maximum Gasteiger partial charge on any atom is 3.00 e. The summed E-state index contributed by atoms with van der Waals surface area (Å²) in [6, 6.07) is 14.7. The van der Waals surface area contributed by atoms with E-state index in [0.717, 1.165) is 0 Å². The summed E-state index contributed by atoms with van der Waals surface area (Å²) in [7, 11) is 0. The molecule has 61 valence electrons. The van der Waals surface area contributed by atoms with Gasteiger partial charge in [0.25, 0.3) is 0 Å². The van der Waals surface area contributed by atoms with Crippen LogP contribution in [0.3, 0.4) is 0 Å². The van der Waals surface area contributed by atoms with Crippen LogP contribution in [0, 0.1) is 14.9 Å². The average molecular weight is 193 g/mol. The van der Waals surface area contributed by atoms with Crippen LogP contribution in [-0.4, -0.2) is 0 Å². The monoisotopic (exact) mass is 193 g/mol. The standard InChI is InChI=1S/C9H7.2CH3.Ti/c1-2-5-9-7-3-6-8(9)4-1;;;/h1-7H;2*1H3;/q3*-1;+3. The summed E-state index contributed by atoms with van der Waals surface area (Å²) < 4.78 is 0. The summed E-state index contributed by atoms with van der Waals surface area (Å²) in [5.74, 6) is 0. The van der Waals surface area contributed by atoms with Crippen molar-refractivity contribution in [2.45, 2.75) is 0 Å². The molecule has 0 unspecified atom stereocenters. The van der Waals surface area contributed by atoms with Crippen LogP contribution in [0.5, 0.6) is 0 Å². The van der Waals surface area contributed by atoms with Gasteiger partial charge in [0.1, 0.15) is 0 Å². The summed E-state index contributed by atoms with van der Waals surface area (Å²) in [5, 5.41) is 2.66. The number of rotatable bonds is 0. The predicted octanol–water partition coefficient (Wildman–Crippen LogP) is 3.46. The Labute approximate surface area is 89.9 Å². The molecule has 0 amide bonds. The van der Waals surface area contributed by atoms with Crippen molar-refractivity contribution in [2.24, 2.45) is 0 Å². The Hall–Kier alpha value is -0.456. The number of benzene rings is 1. The van der Waals surface area contributed by atoms with Crippen LogP contribution in [-0.2, 0) is 21.7 Å². The first-order valence-electron chi connectivity index (χ1n) is 3.07. The Balaban J connectivity index is 0.